The molecule has 0 aromatic heterocycles. The predicted molar refractivity (Wildman–Crippen MR) is 96.4 cm³/mol. The molecule has 0 amide bonds. The summed E-state index contributed by atoms with van der Waals surface area (Å²) in [5.41, 5.74) is 0. The largest absolute Gasteiger partial charge is 0.479 e. The number of hydrogen-bond donors (Lipinski definition) is 10. The first-order valence-corrected chi connectivity index (χ1v) is 8.66. The van der Waals surface area contributed by atoms with E-state index < -0.39 is 54.4 Å². The summed E-state index contributed by atoms with van der Waals surface area (Å²) in [4.78, 5) is 39.1. The van der Waals surface area contributed by atoms with Gasteiger partial charge in [-0.15, -0.1) is 0 Å². The molecule has 0 aliphatic heterocycles. The van der Waals surface area contributed by atoms with E-state index in [1.807, 2.05) is 0 Å². The zero-order valence-corrected chi connectivity index (χ0v) is 16.2. The van der Waals surface area contributed by atoms with Crippen molar-refractivity contribution in [3.05, 3.63) is 0 Å². The number of rotatable bonds is 12. The van der Waals surface area contributed by atoms with Crippen LogP contribution in [0.5, 0.6) is 0 Å². The van der Waals surface area contributed by atoms with Crippen molar-refractivity contribution in [1.29, 1.82) is 0 Å². The van der Waals surface area contributed by atoms with Crippen LogP contribution >= 0.6 is 0 Å². The molecule has 0 saturated heterocycles. The van der Waals surface area contributed by atoms with Crippen LogP contribution in [0.2, 0.25) is 0 Å². The number of hydrogen-bond acceptors (Lipinski definition) is 10. The van der Waals surface area contributed by atoms with Crippen molar-refractivity contribution in [3.8, 4) is 0 Å². The third-order valence-corrected chi connectivity index (χ3v) is 3.21. The number of aliphatic carboxylic acids is 4. The van der Waals surface area contributed by atoms with E-state index in [0.717, 1.165) is 12.8 Å². The fraction of sp³-hybridized carbons (Fsp3) is 0.750. The molecule has 5 unspecified atom stereocenters. The van der Waals surface area contributed by atoms with Crippen LogP contribution in [-0.4, -0.2) is 112 Å². The Morgan fingerprint density at radius 3 is 1.10 bits per heavy atom. The minimum absolute atomic E-state index is 0.0911. The van der Waals surface area contributed by atoms with Gasteiger partial charge in [0.05, 0.1) is 12.7 Å². The highest BCUT2D eigenvalue weighted by Gasteiger charge is 2.30. The van der Waals surface area contributed by atoms with Crippen molar-refractivity contribution in [2.45, 2.75) is 69.5 Å². The van der Waals surface area contributed by atoms with Crippen molar-refractivity contribution in [2.24, 2.45) is 0 Å². The number of aliphatic hydroxyl groups excluding tert-OH is 6. The number of carbonyl (C=O) groups is 4. The summed E-state index contributed by atoms with van der Waals surface area (Å²) in [6.07, 6.45) is -4.14. The average molecular weight is 446 g/mol. The Hall–Kier alpha value is -2.36. The molecular weight excluding hydrogens is 416 g/mol. The molecule has 0 radical (unpaired) electrons. The molecule has 0 fully saturated rings. The van der Waals surface area contributed by atoms with Gasteiger partial charge in [0, 0.05) is 0 Å². The first-order valence-electron chi connectivity index (χ1n) is 8.66. The first-order chi connectivity index (χ1) is 13.7. The fourth-order valence-electron chi connectivity index (χ4n) is 1.44. The highest BCUT2D eigenvalue weighted by molar-refractivity contribution is 5.83. The lowest BCUT2D eigenvalue weighted by atomic mass is 10.1. The Morgan fingerprint density at radius 2 is 0.900 bits per heavy atom. The van der Waals surface area contributed by atoms with Gasteiger partial charge in [-0.2, -0.15) is 0 Å². The van der Waals surface area contributed by atoms with Gasteiger partial charge < -0.3 is 51.1 Å². The standard InChI is InChI=1S/C8H18O2.2C4H6O6/c1-2-3-4-5-6-8(10)7-9;2*5-1(3(7)8)2(6)4(9)10/h8-10H,2-7H2,1H3;2*1-2,5-6H,(H,7,8)(H,9,10). The molecule has 0 bridgehead atoms. The van der Waals surface area contributed by atoms with Crippen LogP contribution in [0.25, 0.3) is 0 Å². The number of unbranched alkanes of at least 4 members (excludes halogenated alkanes) is 3. The summed E-state index contributed by atoms with van der Waals surface area (Å²) in [6.45, 7) is 2.06. The third kappa shape index (κ3) is 17.7. The second kappa shape index (κ2) is 18.7. The number of carboxylic acids is 4. The van der Waals surface area contributed by atoms with Gasteiger partial charge in [0.15, 0.2) is 24.4 Å². The van der Waals surface area contributed by atoms with Crippen LogP contribution < -0.4 is 0 Å². The summed E-state index contributed by atoms with van der Waals surface area (Å²) < 4.78 is 0. The molecule has 178 valence electrons. The normalized spacial score (nSPS) is 15.0. The number of aliphatic hydroxyl groups is 6. The lowest BCUT2D eigenvalue weighted by Crippen LogP contribution is -2.39. The Kier molecular flexibility index (Phi) is 20.1. The topological polar surface area (TPSA) is 271 Å². The van der Waals surface area contributed by atoms with Crippen LogP contribution in [0.4, 0.5) is 0 Å². The molecule has 0 aromatic rings. The van der Waals surface area contributed by atoms with Gasteiger partial charge in [-0.05, 0) is 6.42 Å². The Morgan fingerprint density at radius 1 is 0.600 bits per heavy atom. The summed E-state index contributed by atoms with van der Waals surface area (Å²) >= 11 is 0. The van der Waals surface area contributed by atoms with Crippen molar-refractivity contribution in [3.63, 3.8) is 0 Å². The first kappa shape index (κ1) is 32.3. The van der Waals surface area contributed by atoms with E-state index in [1.165, 1.54) is 19.3 Å². The van der Waals surface area contributed by atoms with E-state index in [0.29, 0.717) is 0 Å². The van der Waals surface area contributed by atoms with Gasteiger partial charge in [-0.25, -0.2) is 19.2 Å². The molecule has 10 N–H and O–H groups in total. The van der Waals surface area contributed by atoms with E-state index in [4.69, 9.17) is 51.1 Å². The Balaban J connectivity index is -0.000000364. The maximum absolute atomic E-state index is 9.77. The van der Waals surface area contributed by atoms with E-state index in [-0.39, 0.29) is 6.61 Å². The highest BCUT2D eigenvalue weighted by atomic mass is 16.4. The third-order valence-electron chi connectivity index (χ3n) is 3.21. The van der Waals surface area contributed by atoms with Gasteiger partial charge in [0.2, 0.25) is 0 Å². The molecule has 0 aliphatic rings. The van der Waals surface area contributed by atoms with Crippen LogP contribution in [0.15, 0.2) is 0 Å². The van der Waals surface area contributed by atoms with Crippen LogP contribution in [0.3, 0.4) is 0 Å². The Labute approximate surface area is 171 Å². The van der Waals surface area contributed by atoms with E-state index in [9.17, 15) is 19.2 Å². The average Bonchev–Trinajstić information content (AvgIpc) is 2.69. The van der Waals surface area contributed by atoms with Crippen LogP contribution in [0.1, 0.15) is 39.0 Å². The Bertz CT molecular complexity index is 436. The quantitative estimate of drug-likeness (QED) is 0.134. The van der Waals surface area contributed by atoms with Crippen LogP contribution in [-0.2, 0) is 19.2 Å². The van der Waals surface area contributed by atoms with E-state index in [2.05, 4.69) is 6.92 Å². The van der Waals surface area contributed by atoms with Gasteiger partial charge in [-0.3, -0.25) is 0 Å². The smallest absolute Gasteiger partial charge is 0.335 e. The maximum Gasteiger partial charge on any atom is 0.335 e. The van der Waals surface area contributed by atoms with Gasteiger partial charge in [0.1, 0.15) is 0 Å². The monoisotopic (exact) mass is 446 g/mol. The van der Waals surface area contributed by atoms with Crippen molar-refractivity contribution in [2.75, 3.05) is 6.61 Å². The lowest BCUT2D eigenvalue weighted by molar-refractivity contribution is -0.165. The molecular formula is C16H30O14. The molecule has 5 atom stereocenters. The summed E-state index contributed by atoms with van der Waals surface area (Å²) in [5.74, 6) is -7.07. The lowest BCUT2D eigenvalue weighted by Gasteiger charge is -2.07. The SMILES string of the molecule is CCCCCCC(O)CO.O=C(O)C(O)C(O)C(=O)O.O=C(O)C(O)C(O)C(=O)O. The fourth-order valence-corrected chi connectivity index (χ4v) is 1.44. The number of carboxylic acid groups (broad SMARTS) is 4. The van der Waals surface area contributed by atoms with Crippen molar-refractivity contribution in [1.82, 2.24) is 0 Å². The van der Waals surface area contributed by atoms with E-state index in [1.54, 1.807) is 0 Å². The summed E-state index contributed by atoms with van der Waals surface area (Å²) in [5, 5.41) is 82.4. The molecule has 0 aliphatic carbocycles. The van der Waals surface area contributed by atoms with Crippen LogP contribution in [0, 0.1) is 0 Å². The molecule has 0 rings (SSSR count). The van der Waals surface area contributed by atoms with E-state index >= 15 is 0 Å². The molecule has 0 spiro atoms. The molecule has 30 heavy (non-hydrogen) atoms. The predicted octanol–water partition coefficient (Wildman–Crippen LogP) is -2.94. The molecule has 0 aromatic carbocycles. The van der Waals surface area contributed by atoms with Crippen molar-refractivity contribution < 1.29 is 70.2 Å². The molecule has 0 saturated carbocycles. The molecule has 14 nitrogen and oxygen atoms in total. The van der Waals surface area contributed by atoms with Crippen molar-refractivity contribution >= 4 is 23.9 Å². The maximum atomic E-state index is 9.77. The second-order valence-electron chi connectivity index (χ2n) is 5.82. The minimum Gasteiger partial charge on any atom is -0.479 e. The zero-order valence-electron chi connectivity index (χ0n) is 16.2. The molecule has 0 heterocycles. The zero-order chi connectivity index (χ0) is 24.4. The van der Waals surface area contributed by atoms with Gasteiger partial charge >= 0.3 is 23.9 Å². The second-order valence-corrected chi connectivity index (χ2v) is 5.82. The highest BCUT2D eigenvalue weighted by Crippen LogP contribution is 2.04. The van der Waals surface area contributed by atoms with Gasteiger partial charge in [-0.1, -0.05) is 32.6 Å². The van der Waals surface area contributed by atoms with Gasteiger partial charge in [0.25, 0.3) is 0 Å². The minimum atomic E-state index is -2.27. The summed E-state index contributed by atoms with van der Waals surface area (Å²) in [7, 11) is 0. The molecule has 14 heteroatoms. The summed E-state index contributed by atoms with van der Waals surface area (Å²) in [6, 6.07) is 0.